The van der Waals surface area contributed by atoms with Crippen molar-refractivity contribution in [2.45, 2.75) is 25.1 Å². The van der Waals surface area contributed by atoms with Gasteiger partial charge in [-0.3, -0.25) is 0 Å². The predicted octanol–water partition coefficient (Wildman–Crippen LogP) is 3.24. The van der Waals surface area contributed by atoms with Gasteiger partial charge >= 0.3 is 12.2 Å². The Morgan fingerprint density at radius 2 is 1.92 bits per heavy atom. The lowest BCUT2D eigenvalue weighted by Crippen LogP contribution is -2.48. The molecule has 1 aliphatic heterocycles. The topological polar surface area (TPSA) is 65.4 Å². The molecule has 1 unspecified atom stereocenters. The first kappa shape index (κ1) is 17.9. The van der Waals surface area contributed by atoms with Crippen LogP contribution in [0, 0.1) is 17.2 Å². The van der Waals surface area contributed by atoms with E-state index in [0.717, 1.165) is 0 Å². The number of nitriles is 1. The Morgan fingerprint density at radius 1 is 1.33 bits per heavy atom. The number of benzene rings is 1. The van der Waals surface area contributed by atoms with E-state index in [4.69, 9.17) is 10.00 Å². The van der Waals surface area contributed by atoms with Crippen LogP contribution in [0.3, 0.4) is 0 Å². The first-order chi connectivity index (χ1) is 11.3. The molecule has 0 spiro atoms. The summed E-state index contributed by atoms with van der Waals surface area (Å²) >= 11 is 0. The van der Waals surface area contributed by atoms with E-state index in [0.29, 0.717) is 18.6 Å². The van der Waals surface area contributed by atoms with Gasteiger partial charge in [0, 0.05) is 19.0 Å². The van der Waals surface area contributed by atoms with Crippen LogP contribution in [0.15, 0.2) is 24.3 Å². The minimum Gasteiger partial charge on any atom is -0.497 e. The Kier molecular flexibility index (Phi) is 5.54. The number of carbonyl (C=O) groups excluding carboxylic acids is 1. The summed E-state index contributed by atoms with van der Waals surface area (Å²) in [5, 5.41) is 10.9. The van der Waals surface area contributed by atoms with Gasteiger partial charge in [-0.1, -0.05) is 12.1 Å². The van der Waals surface area contributed by atoms with Gasteiger partial charge in [-0.25, -0.2) is 4.79 Å². The van der Waals surface area contributed by atoms with Crippen LogP contribution >= 0.6 is 0 Å². The molecule has 1 aromatic carbocycles. The molecule has 0 aliphatic carbocycles. The molecule has 2 rings (SSSR count). The highest BCUT2D eigenvalue weighted by Gasteiger charge is 2.42. The summed E-state index contributed by atoms with van der Waals surface area (Å²) < 4.78 is 44.9. The fourth-order valence-corrected chi connectivity index (χ4v) is 2.58. The van der Waals surface area contributed by atoms with Crippen LogP contribution in [0.4, 0.5) is 18.0 Å². The number of piperidine rings is 1. The summed E-state index contributed by atoms with van der Waals surface area (Å²) in [5.41, 5.74) is -0.0661. The Labute approximate surface area is 138 Å². The second-order valence-electron chi connectivity index (χ2n) is 5.59. The van der Waals surface area contributed by atoms with E-state index in [1.54, 1.807) is 0 Å². The van der Waals surface area contributed by atoms with Crippen molar-refractivity contribution >= 4 is 6.03 Å². The number of rotatable bonds is 3. The van der Waals surface area contributed by atoms with Gasteiger partial charge in [0.2, 0.25) is 0 Å². The van der Waals surface area contributed by atoms with Crippen molar-refractivity contribution < 1.29 is 22.7 Å². The largest absolute Gasteiger partial charge is 0.497 e. The van der Waals surface area contributed by atoms with Gasteiger partial charge in [0.05, 0.1) is 13.2 Å². The normalized spacial score (nSPS) is 17.0. The van der Waals surface area contributed by atoms with E-state index in [1.807, 2.05) is 0 Å². The maximum absolute atomic E-state index is 13.3. The summed E-state index contributed by atoms with van der Waals surface area (Å²) in [6.45, 7) is 0.550. The fraction of sp³-hybridized carbons (Fsp3) is 0.500. The van der Waals surface area contributed by atoms with E-state index >= 15 is 0 Å². The number of likely N-dealkylation sites (tertiary alicyclic amines) is 1. The van der Waals surface area contributed by atoms with Crippen LogP contribution in [-0.4, -0.2) is 37.3 Å². The van der Waals surface area contributed by atoms with Gasteiger partial charge in [0.25, 0.3) is 0 Å². The molecule has 130 valence electrons. The third-order valence-electron chi connectivity index (χ3n) is 4.01. The van der Waals surface area contributed by atoms with Crippen molar-refractivity contribution in [3.8, 4) is 11.8 Å². The summed E-state index contributed by atoms with van der Waals surface area (Å²) in [7, 11) is 1.42. The minimum absolute atomic E-state index is 0.0661. The minimum atomic E-state index is -4.62. The maximum Gasteiger partial charge on any atom is 0.412 e. The van der Waals surface area contributed by atoms with Crippen molar-refractivity contribution in [1.82, 2.24) is 10.2 Å². The van der Waals surface area contributed by atoms with Crippen LogP contribution < -0.4 is 10.1 Å². The highest BCUT2D eigenvalue weighted by molar-refractivity contribution is 5.75. The molecule has 0 saturated carbocycles. The van der Waals surface area contributed by atoms with E-state index < -0.39 is 18.2 Å². The first-order valence-electron chi connectivity index (χ1n) is 7.51. The standard InChI is InChI=1S/C16H18F3N3O2/c1-24-13-4-2-12(3-5-13)14(16(17,18)19)21-15(23)22-8-6-11(10-20)7-9-22/h2-5,11,14H,6-9H2,1H3,(H,21,23). The lowest BCUT2D eigenvalue weighted by molar-refractivity contribution is -0.155. The molecule has 0 radical (unpaired) electrons. The maximum atomic E-state index is 13.3. The highest BCUT2D eigenvalue weighted by Crippen LogP contribution is 2.33. The van der Waals surface area contributed by atoms with Gasteiger partial charge in [-0.15, -0.1) is 0 Å². The number of amides is 2. The van der Waals surface area contributed by atoms with E-state index in [1.165, 1.54) is 36.3 Å². The average Bonchev–Trinajstić information content (AvgIpc) is 2.58. The number of nitrogens with zero attached hydrogens (tertiary/aromatic N) is 2. The molecule has 2 amide bonds. The average molecular weight is 341 g/mol. The Morgan fingerprint density at radius 3 is 2.38 bits per heavy atom. The lowest BCUT2D eigenvalue weighted by atomic mass is 9.99. The van der Waals surface area contributed by atoms with Crippen molar-refractivity contribution in [1.29, 1.82) is 5.26 Å². The van der Waals surface area contributed by atoms with Crippen LogP contribution in [0.2, 0.25) is 0 Å². The summed E-state index contributed by atoms with van der Waals surface area (Å²) in [6, 6.07) is 4.63. The van der Waals surface area contributed by atoms with Gasteiger partial charge in [0.1, 0.15) is 5.75 Å². The van der Waals surface area contributed by atoms with Gasteiger partial charge in [-0.2, -0.15) is 18.4 Å². The molecule has 1 aromatic rings. The second-order valence-corrected chi connectivity index (χ2v) is 5.59. The molecule has 8 heteroatoms. The van der Waals surface area contributed by atoms with Crippen molar-refractivity contribution in [3.63, 3.8) is 0 Å². The van der Waals surface area contributed by atoms with Crippen LogP contribution in [0.1, 0.15) is 24.4 Å². The highest BCUT2D eigenvalue weighted by atomic mass is 19.4. The molecular formula is C16H18F3N3O2. The first-order valence-corrected chi connectivity index (χ1v) is 7.51. The third kappa shape index (κ3) is 4.31. The Hall–Kier alpha value is -2.43. The predicted molar refractivity (Wildman–Crippen MR) is 80.2 cm³/mol. The number of urea groups is 1. The lowest BCUT2D eigenvalue weighted by Gasteiger charge is -2.31. The molecule has 1 aliphatic rings. The van der Waals surface area contributed by atoms with Crippen molar-refractivity contribution in [2.24, 2.45) is 5.92 Å². The number of hydrogen-bond acceptors (Lipinski definition) is 3. The van der Waals surface area contributed by atoms with Gasteiger partial charge in [0.15, 0.2) is 6.04 Å². The summed E-state index contributed by atoms with van der Waals surface area (Å²) in [5.74, 6) is 0.290. The number of nitrogens with one attached hydrogen (secondary N) is 1. The zero-order valence-electron chi connectivity index (χ0n) is 13.1. The molecule has 5 nitrogen and oxygen atoms in total. The van der Waals surface area contributed by atoms with E-state index in [2.05, 4.69) is 11.4 Å². The zero-order chi connectivity index (χ0) is 17.7. The Balaban J connectivity index is 2.09. The molecule has 1 heterocycles. The fourth-order valence-electron chi connectivity index (χ4n) is 2.58. The summed E-state index contributed by atoms with van der Waals surface area (Å²) in [4.78, 5) is 13.5. The van der Waals surface area contributed by atoms with Crippen molar-refractivity contribution in [3.05, 3.63) is 29.8 Å². The second kappa shape index (κ2) is 7.43. The van der Waals surface area contributed by atoms with Gasteiger partial charge < -0.3 is 15.0 Å². The molecule has 1 fully saturated rings. The molecule has 0 bridgehead atoms. The summed E-state index contributed by atoms with van der Waals surface area (Å²) in [6.07, 6.45) is -3.67. The molecular weight excluding hydrogens is 323 g/mol. The molecule has 1 N–H and O–H groups in total. The third-order valence-corrected chi connectivity index (χ3v) is 4.01. The number of carbonyl (C=O) groups is 1. The van der Waals surface area contributed by atoms with Gasteiger partial charge in [-0.05, 0) is 30.5 Å². The van der Waals surface area contributed by atoms with Crippen LogP contribution in [0.25, 0.3) is 0 Å². The number of methoxy groups -OCH3 is 1. The molecule has 1 saturated heterocycles. The quantitative estimate of drug-likeness (QED) is 0.918. The molecule has 24 heavy (non-hydrogen) atoms. The SMILES string of the molecule is COc1ccc(C(NC(=O)N2CCC(C#N)CC2)C(F)(F)F)cc1. The van der Waals surface area contributed by atoms with Crippen LogP contribution in [0.5, 0.6) is 5.75 Å². The molecule has 0 aromatic heterocycles. The number of alkyl halides is 3. The van der Waals surface area contributed by atoms with Crippen LogP contribution in [-0.2, 0) is 0 Å². The van der Waals surface area contributed by atoms with E-state index in [-0.39, 0.29) is 24.6 Å². The monoisotopic (exact) mass is 341 g/mol. The Bertz CT molecular complexity index is 602. The van der Waals surface area contributed by atoms with Crippen molar-refractivity contribution in [2.75, 3.05) is 20.2 Å². The smallest absolute Gasteiger partial charge is 0.412 e. The zero-order valence-corrected chi connectivity index (χ0v) is 13.1. The number of hydrogen-bond donors (Lipinski definition) is 1. The van der Waals surface area contributed by atoms with E-state index in [9.17, 15) is 18.0 Å². The number of halogens is 3. The molecule has 1 atom stereocenters. The number of ether oxygens (including phenoxy) is 1.